The molecule has 0 saturated carbocycles. The minimum atomic E-state index is 0.147. The summed E-state index contributed by atoms with van der Waals surface area (Å²) >= 11 is 5.75. The summed E-state index contributed by atoms with van der Waals surface area (Å²) in [6.07, 6.45) is 1.59. The van der Waals surface area contributed by atoms with Crippen LogP contribution in [-0.2, 0) is 0 Å². The van der Waals surface area contributed by atoms with Gasteiger partial charge in [-0.1, -0.05) is 41.9 Å². The molecular weight excluding hydrogens is 288 g/mol. The Hall–Kier alpha value is -2.73. The van der Waals surface area contributed by atoms with Gasteiger partial charge in [-0.2, -0.15) is 15.0 Å². The van der Waals surface area contributed by atoms with Crippen molar-refractivity contribution >= 4 is 29.2 Å². The Morgan fingerprint density at radius 3 is 2.48 bits per heavy atom. The number of aromatic nitrogens is 4. The van der Waals surface area contributed by atoms with Gasteiger partial charge in [-0.15, -0.1) is 0 Å². The molecule has 1 aromatic carbocycles. The zero-order valence-corrected chi connectivity index (χ0v) is 11.6. The van der Waals surface area contributed by atoms with E-state index >= 15 is 0 Å². The standard InChI is InChI=1S/C14H11ClN6/c15-11-7-6-10(8-17-11)18-14-20-12(19-13(16)21-14)9-4-2-1-3-5-9/h1-8H,(H3,16,18,19,20,21). The molecule has 3 N–H and O–H groups in total. The summed E-state index contributed by atoms with van der Waals surface area (Å²) in [6, 6.07) is 13.0. The lowest BCUT2D eigenvalue weighted by molar-refractivity contribution is 1.07. The fourth-order valence-corrected chi connectivity index (χ4v) is 1.86. The van der Waals surface area contributed by atoms with E-state index in [9.17, 15) is 0 Å². The number of pyridine rings is 1. The van der Waals surface area contributed by atoms with Crippen molar-refractivity contribution in [3.05, 3.63) is 53.8 Å². The van der Waals surface area contributed by atoms with Gasteiger partial charge in [-0.3, -0.25) is 0 Å². The monoisotopic (exact) mass is 298 g/mol. The SMILES string of the molecule is Nc1nc(Nc2ccc(Cl)nc2)nc(-c2ccccc2)n1. The molecule has 0 aliphatic carbocycles. The van der Waals surface area contributed by atoms with Crippen molar-refractivity contribution in [2.24, 2.45) is 0 Å². The van der Waals surface area contributed by atoms with E-state index in [0.717, 1.165) is 5.56 Å². The van der Waals surface area contributed by atoms with Crippen molar-refractivity contribution in [3.8, 4) is 11.4 Å². The van der Waals surface area contributed by atoms with Crippen molar-refractivity contribution in [1.82, 2.24) is 19.9 Å². The lowest BCUT2D eigenvalue weighted by Crippen LogP contribution is -2.05. The molecule has 0 aliphatic heterocycles. The summed E-state index contributed by atoms with van der Waals surface area (Å²) in [6.45, 7) is 0. The second-order valence-electron chi connectivity index (χ2n) is 4.20. The van der Waals surface area contributed by atoms with Gasteiger partial charge in [0.1, 0.15) is 5.15 Å². The van der Waals surface area contributed by atoms with Gasteiger partial charge in [0.25, 0.3) is 0 Å². The number of nitrogen functional groups attached to an aromatic ring is 1. The van der Waals surface area contributed by atoms with E-state index in [1.807, 2.05) is 30.3 Å². The summed E-state index contributed by atoms with van der Waals surface area (Å²) in [7, 11) is 0. The van der Waals surface area contributed by atoms with Gasteiger partial charge in [0, 0.05) is 5.56 Å². The fraction of sp³-hybridized carbons (Fsp3) is 0. The van der Waals surface area contributed by atoms with Crippen molar-refractivity contribution < 1.29 is 0 Å². The number of nitrogens with two attached hydrogens (primary N) is 1. The van der Waals surface area contributed by atoms with Gasteiger partial charge < -0.3 is 11.1 Å². The fourth-order valence-electron chi connectivity index (χ4n) is 1.74. The van der Waals surface area contributed by atoms with Gasteiger partial charge in [0.2, 0.25) is 11.9 Å². The number of rotatable bonds is 3. The Morgan fingerprint density at radius 1 is 0.952 bits per heavy atom. The summed E-state index contributed by atoms with van der Waals surface area (Å²) in [5, 5.41) is 3.44. The van der Waals surface area contributed by atoms with Gasteiger partial charge >= 0.3 is 0 Å². The molecule has 0 fully saturated rings. The Balaban J connectivity index is 1.93. The first kappa shape index (κ1) is 13.3. The highest BCUT2D eigenvalue weighted by Gasteiger charge is 2.07. The number of hydrogen-bond donors (Lipinski definition) is 2. The quantitative estimate of drug-likeness (QED) is 0.723. The minimum Gasteiger partial charge on any atom is -0.368 e. The van der Waals surface area contributed by atoms with Crippen LogP contribution in [0.15, 0.2) is 48.7 Å². The van der Waals surface area contributed by atoms with Crippen molar-refractivity contribution in [2.45, 2.75) is 0 Å². The first-order valence-corrected chi connectivity index (χ1v) is 6.54. The Labute approximate surface area is 126 Å². The van der Waals surface area contributed by atoms with Crippen LogP contribution in [0.4, 0.5) is 17.6 Å². The van der Waals surface area contributed by atoms with Crippen LogP contribution in [0.25, 0.3) is 11.4 Å². The molecule has 0 radical (unpaired) electrons. The van der Waals surface area contributed by atoms with Crippen molar-refractivity contribution in [1.29, 1.82) is 0 Å². The topological polar surface area (TPSA) is 89.6 Å². The molecule has 3 aromatic rings. The highest BCUT2D eigenvalue weighted by molar-refractivity contribution is 6.29. The molecular formula is C14H11ClN6. The van der Waals surface area contributed by atoms with Gasteiger partial charge in [-0.05, 0) is 12.1 Å². The maximum Gasteiger partial charge on any atom is 0.232 e. The number of benzene rings is 1. The molecule has 0 atom stereocenters. The second kappa shape index (κ2) is 5.72. The summed E-state index contributed by atoms with van der Waals surface area (Å²) < 4.78 is 0. The van der Waals surface area contributed by atoms with E-state index in [4.69, 9.17) is 17.3 Å². The van der Waals surface area contributed by atoms with Crippen LogP contribution in [0.3, 0.4) is 0 Å². The summed E-state index contributed by atoms with van der Waals surface area (Å²) in [4.78, 5) is 16.5. The lowest BCUT2D eigenvalue weighted by atomic mass is 10.2. The molecule has 0 aliphatic rings. The van der Waals surface area contributed by atoms with Crippen LogP contribution >= 0.6 is 11.6 Å². The van der Waals surface area contributed by atoms with E-state index in [-0.39, 0.29) is 5.95 Å². The van der Waals surface area contributed by atoms with Gasteiger partial charge in [0.05, 0.1) is 11.9 Å². The van der Waals surface area contributed by atoms with Crippen molar-refractivity contribution in [2.75, 3.05) is 11.1 Å². The lowest BCUT2D eigenvalue weighted by Gasteiger charge is -2.07. The largest absolute Gasteiger partial charge is 0.368 e. The average Bonchev–Trinajstić information content (AvgIpc) is 2.50. The molecule has 0 bridgehead atoms. The molecule has 21 heavy (non-hydrogen) atoms. The third-order valence-corrected chi connectivity index (χ3v) is 2.89. The Bertz CT molecular complexity index is 745. The predicted molar refractivity (Wildman–Crippen MR) is 82.2 cm³/mol. The second-order valence-corrected chi connectivity index (χ2v) is 4.59. The molecule has 7 heteroatoms. The number of halogens is 1. The van der Waals surface area contributed by atoms with Crippen molar-refractivity contribution in [3.63, 3.8) is 0 Å². The maximum absolute atomic E-state index is 5.75. The number of nitrogens with one attached hydrogen (secondary N) is 1. The zero-order valence-electron chi connectivity index (χ0n) is 10.9. The first-order chi connectivity index (χ1) is 10.2. The van der Waals surface area contributed by atoms with Crippen LogP contribution in [0.2, 0.25) is 5.15 Å². The number of hydrogen-bond acceptors (Lipinski definition) is 6. The van der Waals surface area contributed by atoms with Crippen LogP contribution in [-0.4, -0.2) is 19.9 Å². The molecule has 6 nitrogen and oxygen atoms in total. The number of nitrogens with zero attached hydrogens (tertiary/aromatic N) is 4. The first-order valence-electron chi connectivity index (χ1n) is 6.16. The molecule has 2 heterocycles. The van der Waals surface area contributed by atoms with E-state index in [1.165, 1.54) is 0 Å². The Morgan fingerprint density at radius 2 is 1.76 bits per heavy atom. The molecule has 3 rings (SSSR count). The number of anilines is 3. The predicted octanol–water partition coefficient (Wildman–Crippen LogP) is 2.91. The summed E-state index contributed by atoms with van der Waals surface area (Å²) in [5.74, 6) is 1.01. The molecule has 104 valence electrons. The van der Waals surface area contributed by atoms with E-state index < -0.39 is 0 Å². The highest BCUT2D eigenvalue weighted by atomic mass is 35.5. The van der Waals surface area contributed by atoms with Crippen LogP contribution in [0.5, 0.6) is 0 Å². The van der Waals surface area contributed by atoms with Crippen LogP contribution < -0.4 is 11.1 Å². The van der Waals surface area contributed by atoms with E-state index in [1.54, 1.807) is 18.3 Å². The molecule has 0 spiro atoms. The molecule has 0 amide bonds. The summed E-state index contributed by atoms with van der Waals surface area (Å²) in [5.41, 5.74) is 7.31. The molecule has 2 aromatic heterocycles. The minimum absolute atomic E-state index is 0.147. The highest BCUT2D eigenvalue weighted by Crippen LogP contribution is 2.19. The third-order valence-electron chi connectivity index (χ3n) is 2.67. The molecule has 0 saturated heterocycles. The average molecular weight is 299 g/mol. The molecule has 0 unspecified atom stereocenters. The third kappa shape index (κ3) is 3.24. The van der Waals surface area contributed by atoms with E-state index in [2.05, 4.69) is 25.3 Å². The van der Waals surface area contributed by atoms with E-state index in [0.29, 0.717) is 22.6 Å². The normalized spacial score (nSPS) is 10.3. The van der Waals surface area contributed by atoms with Crippen LogP contribution in [0, 0.1) is 0 Å². The van der Waals surface area contributed by atoms with Gasteiger partial charge in [-0.25, -0.2) is 4.98 Å². The van der Waals surface area contributed by atoms with Crippen LogP contribution in [0.1, 0.15) is 0 Å². The van der Waals surface area contributed by atoms with Gasteiger partial charge in [0.15, 0.2) is 5.82 Å². The smallest absolute Gasteiger partial charge is 0.232 e. The maximum atomic E-state index is 5.75. The zero-order chi connectivity index (χ0) is 14.7. The Kier molecular flexibility index (Phi) is 3.61.